The van der Waals surface area contributed by atoms with Gasteiger partial charge in [-0.2, -0.15) is 0 Å². The summed E-state index contributed by atoms with van der Waals surface area (Å²) in [5.41, 5.74) is 6.28. The highest BCUT2D eigenvalue weighted by Gasteiger charge is 2.09. The number of methoxy groups -OCH3 is 1. The lowest BCUT2D eigenvalue weighted by Crippen LogP contribution is -2.12. The molecule has 0 atom stereocenters. The van der Waals surface area contributed by atoms with Gasteiger partial charge < -0.3 is 10.5 Å². The zero-order valence-corrected chi connectivity index (χ0v) is 11.9. The molecule has 2 rings (SSSR count). The molecule has 0 aliphatic rings. The van der Waals surface area contributed by atoms with Crippen molar-refractivity contribution in [3.05, 3.63) is 53.1 Å². The molecule has 98 valence electrons. The van der Waals surface area contributed by atoms with E-state index in [1.165, 1.54) is 11.8 Å². The van der Waals surface area contributed by atoms with E-state index in [1.807, 2.05) is 30.3 Å². The average molecular weight is 293 g/mol. The molecule has 0 aromatic heterocycles. The molecule has 0 saturated heterocycles. The number of nitrogens with two attached hydrogens (primary N) is 1. The molecular formula is C14H13ClN2OS. The molecule has 0 bridgehead atoms. The fraction of sp³-hybridized carbons (Fsp3) is 0.0714. The fourth-order valence-electron chi connectivity index (χ4n) is 1.59. The Labute approximate surface area is 121 Å². The van der Waals surface area contributed by atoms with E-state index < -0.39 is 0 Å². The average Bonchev–Trinajstić information content (AvgIpc) is 2.38. The molecule has 0 aliphatic carbocycles. The number of ether oxygens (including phenoxy) is 1. The van der Waals surface area contributed by atoms with Crippen LogP contribution in [0.1, 0.15) is 5.56 Å². The maximum Gasteiger partial charge on any atom is 0.123 e. The van der Waals surface area contributed by atoms with Crippen molar-refractivity contribution in [1.29, 1.82) is 5.41 Å². The number of nitrogens with one attached hydrogen (secondary N) is 1. The Morgan fingerprint density at radius 1 is 1.26 bits per heavy atom. The van der Waals surface area contributed by atoms with Gasteiger partial charge in [-0.15, -0.1) is 0 Å². The van der Waals surface area contributed by atoms with E-state index in [1.54, 1.807) is 19.2 Å². The van der Waals surface area contributed by atoms with Gasteiger partial charge in [0.1, 0.15) is 11.6 Å². The Balaban J connectivity index is 2.39. The lowest BCUT2D eigenvalue weighted by molar-refractivity contribution is 0.413. The number of benzene rings is 2. The Kier molecular flexibility index (Phi) is 4.35. The van der Waals surface area contributed by atoms with Gasteiger partial charge in [-0.1, -0.05) is 29.4 Å². The molecule has 0 saturated carbocycles. The lowest BCUT2D eigenvalue weighted by atomic mass is 10.2. The Morgan fingerprint density at radius 2 is 2.05 bits per heavy atom. The number of rotatable bonds is 4. The van der Waals surface area contributed by atoms with Crippen LogP contribution in [0, 0.1) is 5.41 Å². The van der Waals surface area contributed by atoms with Crippen molar-refractivity contribution in [2.24, 2.45) is 5.73 Å². The van der Waals surface area contributed by atoms with Crippen LogP contribution in [0.2, 0.25) is 5.02 Å². The smallest absolute Gasteiger partial charge is 0.123 e. The Morgan fingerprint density at radius 3 is 2.68 bits per heavy atom. The quantitative estimate of drug-likeness (QED) is 0.666. The number of amidine groups is 1. The summed E-state index contributed by atoms with van der Waals surface area (Å²) in [7, 11) is 1.61. The van der Waals surface area contributed by atoms with E-state index >= 15 is 0 Å². The highest BCUT2D eigenvalue weighted by Crippen LogP contribution is 2.34. The zero-order chi connectivity index (χ0) is 13.8. The molecule has 0 heterocycles. The van der Waals surface area contributed by atoms with E-state index in [4.69, 9.17) is 27.5 Å². The number of hydrogen-bond donors (Lipinski definition) is 2. The molecular weight excluding hydrogens is 280 g/mol. The maximum atomic E-state index is 7.61. The summed E-state index contributed by atoms with van der Waals surface area (Å²) in [5.74, 6) is 0.765. The van der Waals surface area contributed by atoms with Crippen molar-refractivity contribution < 1.29 is 4.74 Å². The Hall–Kier alpha value is -1.65. The summed E-state index contributed by atoms with van der Waals surface area (Å²) >= 11 is 7.47. The first-order valence-corrected chi connectivity index (χ1v) is 6.75. The van der Waals surface area contributed by atoms with Crippen molar-refractivity contribution >= 4 is 29.2 Å². The number of halogens is 1. The molecule has 3 N–H and O–H groups in total. The van der Waals surface area contributed by atoms with Crippen LogP contribution in [0.25, 0.3) is 0 Å². The van der Waals surface area contributed by atoms with Crippen LogP contribution in [-0.2, 0) is 0 Å². The molecule has 0 radical (unpaired) electrons. The second-order valence-corrected chi connectivity index (χ2v) is 5.39. The predicted molar refractivity (Wildman–Crippen MR) is 79.6 cm³/mol. The molecule has 0 amide bonds. The summed E-state index contributed by atoms with van der Waals surface area (Å²) in [6.45, 7) is 0. The number of nitrogen functional groups attached to an aromatic ring is 1. The topological polar surface area (TPSA) is 59.1 Å². The standard InChI is InChI=1S/C14H13ClN2OS/c1-18-10-5-6-12(14(16)17)13(8-10)19-11-4-2-3-9(15)7-11/h2-8H,1H3,(H3,16,17). The molecule has 0 spiro atoms. The number of hydrogen-bond acceptors (Lipinski definition) is 3. The third-order valence-electron chi connectivity index (χ3n) is 2.50. The van der Waals surface area contributed by atoms with Gasteiger partial charge in [-0.25, -0.2) is 0 Å². The highest BCUT2D eigenvalue weighted by atomic mass is 35.5. The molecule has 5 heteroatoms. The van der Waals surface area contributed by atoms with Crippen molar-refractivity contribution in [2.45, 2.75) is 9.79 Å². The second kappa shape index (κ2) is 5.99. The van der Waals surface area contributed by atoms with Crippen molar-refractivity contribution in [1.82, 2.24) is 0 Å². The minimum absolute atomic E-state index is 0.0344. The SMILES string of the molecule is COc1ccc(C(=N)N)c(Sc2cccc(Cl)c2)c1. The van der Waals surface area contributed by atoms with Crippen LogP contribution in [0.3, 0.4) is 0 Å². The van der Waals surface area contributed by atoms with E-state index in [9.17, 15) is 0 Å². The van der Waals surface area contributed by atoms with Gasteiger partial charge in [0.25, 0.3) is 0 Å². The molecule has 2 aromatic carbocycles. The van der Waals surface area contributed by atoms with Crippen LogP contribution >= 0.6 is 23.4 Å². The van der Waals surface area contributed by atoms with Gasteiger partial charge >= 0.3 is 0 Å². The Bertz CT molecular complexity index is 616. The van der Waals surface area contributed by atoms with Crippen LogP contribution < -0.4 is 10.5 Å². The van der Waals surface area contributed by atoms with Crippen LogP contribution in [0.15, 0.2) is 52.3 Å². The van der Waals surface area contributed by atoms with Gasteiger partial charge in [0.2, 0.25) is 0 Å². The molecule has 0 fully saturated rings. The van der Waals surface area contributed by atoms with E-state index in [2.05, 4.69) is 0 Å². The van der Waals surface area contributed by atoms with Gasteiger partial charge in [-0.3, -0.25) is 5.41 Å². The molecule has 19 heavy (non-hydrogen) atoms. The largest absolute Gasteiger partial charge is 0.497 e. The fourth-order valence-corrected chi connectivity index (χ4v) is 2.90. The summed E-state index contributed by atoms with van der Waals surface area (Å²) in [6, 6.07) is 13.0. The first-order valence-electron chi connectivity index (χ1n) is 5.56. The second-order valence-electron chi connectivity index (χ2n) is 3.84. The molecule has 2 aromatic rings. The van der Waals surface area contributed by atoms with Crippen molar-refractivity contribution in [3.8, 4) is 5.75 Å². The minimum atomic E-state index is 0.0344. The van der Waals surface area contributed by atoms with Crippen LogP contribution in [0.5, 0.6) is 5.75 Å². The van der Waals surface area contributed by atoms with E-state index in [0.717, 1.165) is 15.5 Å². The summed E-state index contributed by atoms with van der Waals surface area (Å²) in [4.78, 5) is 1.86. The van der Waals surface area contributed by atoms with Gasteiger partial charge in [0.15, 0.2) is 0 Å². The third kappa shape index (κ3) is 3.43. The summed E-state index contributed by atoms with van der Waals surface area (Å²) in [6.07, 6.45) is 0. The van der Waals surface area contributed by atoms with E-state index in [-0.39, 0.29) is 5.84 Å². The summed E-state index contributed by atoms with van der Waals surface area (Å²) in [5, 5.41) is 8.29. The normalized spacial score (nSPS) is 10.2. The van der Waals surface area contributed by atoms with Crippen molar-refractivity contribution in [3.63, 3.8) is 0 Å². The van der Waals surface area contributed by atoms with Gasteiger partial charge in [0.05, 0.1) is 7.11 Å². The first kappa shape index (κ1) is 13.8. The third-order valence-corrected chi connectivity index (χ3v) is 3.79. The van der Waals surface area contributed by atoms with Crippen LogP contribution in [-0.4, -0.2) is 12.9 Å². The molecule has 3 nitrogen and oxygen atoms in total. The maximum absolute atomic E-state index is 7.61. The highest BCUT2D eigenvalue weighted by molar-refractivity contribution is 7.99. The minimum Gasteiger partial charge on any atom is -0.497 e. The predicted octanol–water partition coefficient (Wildman–Crippen LogP) is 3.78. The lowest BCUT2D eigenvalue weighted by Gasteiger charge is -2.10. The van der Waals surface area contributed by atoms with Crippen LogP contribution in [0.4, 0.5) is 0 Å². The summed E-state index contributed by atoms with van der Waals surface area (Å²) < 4.78 is 5.20. The zero-order valence-electron chi connectivity index (χ0n) is 10.3. The molecule has 0 unspecified atom stereocenters. The monoisotopic (exact) mass is 292 g/mol. The van der Waals surface area contributed by atoms with Gasteiger partial charge in [-0.05, 0) is 36.4 Å². The van der Waals surface area contributed by atoms with E-state index in [0.29, 0.717) is 10.6 Å². The van der Waals surface area contributed by atoms with Gasteiger partial charge in [0, 0.05) is 20.4 Å². The molecule has 0 aliphatic heterocycles. The van der Waals surface area contributed by atoms with Crippen molar-refractivity contribution in [2.75, 3.05) is 7.11 Å². The first-order chi connectivity index (χ1) is 9.10.